The highest BCUT2D eigenvalue weighted by Gasteiger charge is 2.21. The van der Waals surface area contributed by atoms with Crippen molar-refractivity contribution in [1.82, 2.24) is 19.8 Å². The molecule has 0 saturated heterocycles. The number of nitrogens with zero attached hydrogens (tertiary/aromatic N) is 3. The molecule has 0 fully saturated rings. The Labute approximate surface area is 199 Å². The van der Waals surface area contributed by atoms with E-state index in [2.05, 4.69) is 5.32 Å². The lowest BCUT2D eigenvalue weighted by molar-refractivity contribution is -0.133. The Bertz CT molecular complexity index is 1170. The quantitative estimate of drug-likeness (QED) is 0.361. The van der Waals surface area contributed by atoms with Gasteiger partial charge in [-0.15, -0.1) is 22.7 Å². The third kappa shape index (κ3) is 5.41. The van der Waals surface area contributed by atoms with Crippen molar-refractivity contribution in [3.8, 4) is 0 Å². The van der Waals surface area contributed by atoms with E-state index in [4.69, 9.17) is 4.98 Å². The molecule has 0 spiro atoms. The van der Waals surface area contributed by atoms with Crippen LogP contribution in [0.3, 0.4) is 0 Å². The fourth-order valence-electron chi connectivity index (χ4n) is 3.27. The molecule has 0 unspecified atom stereocenters. The van der Waals surface area contributed by atoms with Crippen LogP contribution in [0.5, 0.6) is 0 Å². The molecule has 1 N–H and O–H groups in total. The van der Waals surface area contributed by atoms with Crippen LogP contribution in [-0.2, 0) is 16.1 Å². The molecule has 0 radical (unpaired) electrons. The zero-order valence-corrected chi connectivity index (χ0v) is 21.4. The SMILES string of the molecule is CCN(CC(=O)NCc1cccs1)C(=O)CSc1nc2sc(C)c(C)c2c(=O)n1C(C)C. The minimum atomic E-state index is -0.193. The van der Waals surface area contributed by atoms with E-state index in [0.717, 1.165) is 15.3 Å². The predicted octanol–water partition coefficient (Wildman–Crippen LogP) is 3.97. The second kappa shape index (κ2) is 10.6. The van der Waals surface area contributed by atoms with E-state index in [1.807, 2.05) is 52.1 Å². The lowest BCUT2D eigenvalue weighted by atomic mass is 10.2. The average Bonchev–Trinajstić information content (AvgIpc) is 3.36. The molecule has 0 aliphatic rings. The number of hydrogen-bond acceptors (Lipinski definition) is 7. The third-order valence-electron chi connectivity index (χ3n) is 5.15. The summed E-state index contributed by atoms with van der Waals surface area (Å²) in [5.74, 6) is -0.242. The van der Waals surface area contributed by atoms with Crippen molar-refractivity contribution < 1.29 is 9.59 Å². The summed E-state index contributed by atoms with van der Waals surface area (Å²) >= 11 is 4.32. The molecule has 0 bridgehead atoms. The van der Waals surface area contributed by atoms with Crippen molar-refractivity contribution >= 4 is 56.5 Å². The van der Waals surface area contributed by atoms with Gasteiger partial charge in [-0.05, 0) is 51.6 Å². The fourth-order valence-corrected chi connectivity index (χ4v) is 6.01. The van der Waals surface area contributed by atoms with Crippen molar-refractivity contribution in [2.45, 2.75) is 52.4 Å². The van der Waals surface area contributed by atoms with E-state index in [9.17, 15) is 14.4 Å². The van der Waals surface area contributed by atoms with Crippen molar-refractivity contribution in [3.05, 3.63) is 43.2 Å². The maximum absolute atomic E-state index is 13.1. The van der Waals surface area contributed by atoms with Gasteiger partial charge in [-0.25, -0.2) is 4.98 Å². The molecule has 0 aromatic carbocycles. The maximum atomic E-state index is 13.1. The summed E-state index contributed by atoms with van der Waals surface area (Å²) in [6, 6.07) is 3.81. The lowest BCUT2D eigenvalue weighted by Gasteiger charge is -2.21. The summed E-state index contributed by atoms with van der Waals surface area (Å²) < 4.78 is 1.66. The van der Waals surface area contributed by atoms with Gasteiger partial charge in [0.05, 0.1) is 24.2 Å². The first-order valence-corrected chi connectivity index (χ1v) is 13.1. The van der Waals surface area contributed by atoms with Crippen LogP contribution in [0.15, 0.2) is 27.5 Å². The van der Waals surface area contributed by atoms with Crippen molar-refractivity contribution in [2.75, 3.05) is 18.8 Å². The number of aryl methyl sites for hydroxylation is 2. The number of carbonyl (C=O) groups excluding carboxylic acids is 2. The van der Waals surface area contributed by atoms with Crippen LogP contribution in [0.2, 0.25) is 0 Å². The van der Waals surface area contributed by atoms with Crippen LogP contribution in [0.4, 0.5) is 0 Å². The van der Waals surface area contributed by atoms with Crippen LogP contribution in [0.25, 0.3) is 10.2 Å². The first-order valence-electron chi connectivity index (χ1n) is 10.4. The van der Waals surface area contributed by atoms with Gasteiger partial charge in [-0.3, -0.25) is 19.0 Å². The Morgan fingerprint density at radius 2 is 2.06 bits per heavy atom. The van der Waals surface area contributed by atoms with Crippen LogP contribution >= 0.6 is 34.4 Å². The summed E-state index contributed by atoms with van der Waals surface area (Å²) in [6.07, 6.45) is 0. The predicted molar refractivity (Wildman–Crippen MR) is 133 cm³/mol. The van der Waals surface area contributed by atoms with Crippen molar-refractivity contribution in [2.24, 2.45) is 0 Å². The molecule has 3 aromatic heterocycles. The molecule has 32 heavy (non-hydrogen) atoms. The molecule has 172 valence electrons. The van der Waals surface area contributed by atoms with Gasteiger partial charge >= 0.3 is 0 Å². The van der Waals surface area contributed by atoms with Gasteiger partial charge in [0, 0.05) is 22.3 Å². The number of hydrogen-bond donors (Lipinski definition) is 1. The fraction of sp³-hybridized carbons (Fsp3) is 0.455. The summed E-state index contributed by atoms with van der Waals surface area (Å²) in [6.45, 7) is 10.5. The highest BCUT2D eigenvalue weighted by Crippen LogP contribution is 2.29. The van der Waals surface area contributed by atoms with E-state index in [-0.39, 0.29) is 35.7 Å². The molecule has 0 saturated carbocycles. The number of thiophene rings is 2. The van der Waals surface area contributed by atoms with Gasteiger partial charge in [0.1, 0.15) is 4.83 Å². The molecular weight excluding hydrogens is 464 g/mol. The minimum absolute atomic E-state index is 0.00797. The number of rotatable bonds is 9. The van der Waals surface area contributed by atoms with Crippen LogP contribution in [0.1, 0.15) is 42.1 Å². The Morgan fingerprint density at radius 3 is 2.69 bits per heavy atom. The lowest BCUT2D eigenvalue weighted by Crippen LogP contribution is -2.41. The Hall–Kier alpha value is -2.17. The van der Waals surface area contributed by atoms with E-state index < -0.39 is 0 Å². The number of thioether (sulfide) groups is 1. The van der Waals surface area contributed by atoms with Gasteiger partial charge in [-0.1, -0.05) is 17.8 Å². The average molecular weight is 493 g/mol. The van der Waals surface area contributed by atoms with E-state index in [0.29, 0.717) is 28.5 Å². The highest BCUT2D eigenvalue weighted by molar-refractivity contribution is 7.99. The van der Waals surface area contributed by atoms with E-state index in [1.165, 1.54) is 28.0 Å². The molecule has 3 rings (SSSR count). The molecule has 3 heterocycles. The van der Waals surface area contributed by atoms with Gasteiger partial charge in [0.25, 0.3) is 5.56 Å². The molecule has 0 atom stereocenters. The monoisotopic (exact) mass is 492 g/mol. The first-order chi connectivity index (χ1) is 15.2. The summed E-state index contributed by atoms with van der Waals surface area (Å²) in [4.78, 5) is 47.3. The second-order valence-corrected chi connectivity index (χ2v) is 10.9. The topological polar surface area (TPSA) is 84.3 Å². The van der Waals surface area contributed by atoms with Crippen molar-refractivity contribution in [3.63, 3.8) is 0 Å². The first kappa shape index (κ1) is 24.5. The number of amides is 2. The number of carbonyl (C=O) groups is 2. The maximum Gasteiger partial charge on any atom is 0.263 e. The number of aromatic nitrogens is 2. The molecule has 0 aliphatic heterocycles. The third-order valence-corrected chi connectivity index (χ3v) is 8.07. The summed E-state index contributed by atoms with van der Waals surface area (Å²) in [5, 5.41) is 6.01. The van der Waals surface area contributed by atoms with Crippen LogP contribution in [0, 0.1) is 13.8 Å². The molecular formula is C22H28N4O3S3. The Morgan fingerprint density at radius 1 is 1.31 bits per heavy atom. The molecule has 10 heteroatoms. The molecule has 3 aromatic rings. The smallest absolute Gasteiger partial charge is 0.263 e. The number of nitrogens with one attached hydrogen (secondary N) is 1. The van der Waals surface area contributed by atoms with Gasteiger partial charge < -0.3 is 10.2 Å². The second-order valence-electron chi connectivity index (χ2n) is 7.68. The number of fused-ring (bicyclic) bond motifs is 1. The summed E-state index contributed by atoms with van der Waals surface area (Å²) in [7, 11) is 0. The number of likely N-dealkylation sites (N-methyl/N-ethyl adjacent to an activating group) is 1. The molecule has 0 aliphatic carbocycles. The largest absolute Gasteiger partial charge is 0.350 e. The summed E-state index contributed by atoms with van der Waals surface area (Å²) in [5.41, 5.74) is 0.900. The molecule has 7 nitrogen and oxygen atoms in total. The van der Waals surface area contributed by atoms with E-state index >= 15 is 0 Å². The minimum Gasteiger partial charge on any atom is -0.350 e. The standard InChI is InChI=1S/C22H28N4O3S3/c1-6-25(11-17(27)23-10-16-8-7-9-30-16)18(28)12-31-22-24-20-19(14(4)15(5)32-20)21(29)26(22)13(2)3/h7-9,13H,6,10-12H2,1-5H3,(H,23,27). The normalized spacial score (nSPS) is 11.3. The van der Waals surface area contributed by atoms with Crippen LogP contribution < -0.4 is 10.9 Å². The van der Waals surface area contributed by atoms with Crippen LogP contribution in [-0.4, -0.2) is 45.1 Å². The van der Waals surface area contributed by atoms with Gasteiger partial charge in [0.15, 0.2) is 5.16 Å². The van der Waals surface area contributed by atoms with Gasteiger partial charge in [-0.2, -0.15) is 0 Å². The zero-order valence-electron chi connectivity index (χ0n) is 18.9. The Balaban J connectivity index is 1.70. The molecule has 2 amide bonds. The van der Waals surface area contributed by atoms with Gasteiger partial charge in [0.2, 0.25) is 11.8 Å². The Kier molecular flexibility index (Phi) is 8.13. The van der Waals surface area contributed by atoms with E-state index in [1.54, 1.807) is 15.9 Å². The highest BCUT2D eigenvalue weighted by atomic mass is 32.2. The zero-order chi connectivity index (χ0) is 23.4. The van der Waals surface area contributed by atoms with Crippen molar-refractivity contribution in [1.29, 1.82) is 0 Å².